The highest BCUT2D eigenvalue weighted by atomic mass is 16.5. The molecule has 0 amide bonds. The average molecular weight is 278 g/mol. The van der Waals surface area contributed by atoms with E-state index in [1.54, 1.807) is 12.1 Å². The first-order valence-electron chi connectivity index (χ1n) is 7.08. The molecule has 0 saturated heterocycles. The molecule has 0 aliphatic rings. The Morgan fingerprint density at radius 3 is 2.35 bits per heavy atom. The van der Waals surface area contributed by atoms with Gasteiger partial charge in [0.2, 0.25) is 0 Å². The Morgan fingerprint density at radius 1 is 1.30 bits per heavy atom. The van der Waals surface area contributed by atoms with Crippen LogP contribution in [-0.2, 0) is 4.74 Å². The third-order valence-electron chi connectivity index (χ3n) is 3.58. The summed E-state index contributed by atoms with van der Waals surface area (Å²) in [5.41, 5.74) is 1.40. The summed E-state index contributed by atoms with van der Waals surface area (Å²) in [5.74, 6) is 0.362. The van der Waals surface area contributed by atoms with Crippen LogP contribution in [0.1, 0.15) is 62.9 Å². The second-order valence-corrected chi connectivity index (χ2v) is 6.82. The van der Waals surface area contributed by atoms with Crippen LogP contribution in [0.3, 0.4) is 0 Å². The Morgan fingerprint density at radius 2 is 1.90 bits per heavy atom. The van der Waals surface area contributed by atoms with Crippen LogP contribution in [0.15, 0.2) is 18.2 Å². The number of carbonyl (C=O) groups excluding carboxylic acids is 1. The van der Waals surface area contributed by atoms with Gasteiger partial charge in [-0.25, -0.2) is 4.79 Å². The summed E-state index contributed by atoms with van der Waals surface area (Å²) in [6.07, 6.45) is 1.04. The molecule has 0 saturated carbocycles. The second-order valence-electron chi connectivity index (χ2n) is 6.82. The molecule has 0 radical (unpaired) electrons. The summed E-state index contributed by atoms with van der Waals surface area (Å²) in [4.78, 5) is 11.7. The number of phenolic OH excluding ortho intramolecular Hbond substituents is 1. The molecule has 0 fully saturated rings. The summed E-state index contributed by atoms with van der Waals surface area (Å²) >= 11 is 0. The number of carbonyl (C=O) groups is 1. The van der Waals surface area contributed by atoms with Crippen LogP contribution in [0.2, 0.25) is 0 Å². The number of hydrogen-bond acceptors (Lipinski definition) is 3. The van der Waals surface area contributed by atoms with Crippen molar-refractivity contribution in [3.8, 4) is 5.75 Å². The minimum atomic E-state index is -0.499. The highest BCUT2D eigenvalue weighted by molar-refractivity contribution is 5.92. The van der Waals surface area contributed by atoms with E-state index in [-0.39, 0.29) is 16.7 Å². The van der Waals surface area contributed by atoms with Crippen molar-refractivity contribution < 1.29 is 14.6 Å². The Bertz CT molecular complexity index is 470. The molecular formula is C17H26O3. The standard InChI is InChI=1S/C17H26O3/c1-11(2)9-14(17(3,4)5)12-7-8-15(18)13(10-12)16(19)20-6/h7-8,10-11,14,18H,9H2,1-6H3. The van der Waals surface area contributed by atoms with Gasteiger partial charge < -0.3 is 9.84 Å². The van der Waals surface area contributed by atoms with Gasteiger partial charge in [0.1, 0.15) is 11.3 Å². The third-order valence-corrected chi connectivity index (χ3v) is 3.58. The largest absolute Gasteiger partial charge is 0.507 e. The average Bonchev–Trinajstić information content (AvgIpc) is 2.34. The summed E-state index contributed by atoms with van der Waals surface area (Å²) in [5, 5.41) is 9.80. The lowest BCUT2D eigenvalue weighted by Gasteiger charge is -2.33. The maximum absolute atomic E-state index is 11.7. The number of rotatable bonds is 4. The van der Waals surface area contributed by atoms with Crippen LogP contribution in [0.5, 0.6) is 5.75 Å². The van der Waals surface area contributed by atoms with Gasteiger partial charge in [0.05, 0.1) is 7.11 Å². The first-order chi connectivity index (χ1) is 9.16. The van der Waals surface area contributed by atoms with E-state index in [0.717, 1.165) is 12.0 Å². The van der Waals surface area contributed by atoms with Crippen molar-refractivity contribution in [3.63, 3.8) is 0 Å². The van der Waals surface area contributed by atoms with Gasteiger partial charge in [0, 0.05) is 0 Å². The topological polar surface area (TPSA) is 46.5 Å². The van der Waals surface area contributed by atoms with Crippen LogP contribution in [0, 0.1) is 11.3 Å². The van der Waals surface area contributed by atoms with Crippen molar-refractivity contribution in [3.05, 3.63) is 29.3 Å². The predicted molar refractivity (Wildman–Crippen MR) is 81.1 cm³/mol. The zero-order valence-electron chi connectivity index (χ0n) is 13.4. The van der Waals surface area contributed by atoms with E-state index < -0.39 is 5.97 Å². The molecule has 0 aromatic heterocycles. The molecule has 0 aliphatic heterocycles. The summed E-state index contributed by atoms with van der Waals surface area (Å²) < 4.78 is 4.72. The van der Waals surface area contributed by atoms with E-state index in [1.165, 1.54) is 7.11 Å². The zero-order chi connectivity index (χ0) is 15.5. The molecule has 3 heteroatoms. The smallest absolute Gasteiger partial charge is 0.341 e. The molecule has 0 aliphatic carbocycles. The molecule has 20 heavy (non-hydrogen) atoms. The first-order valence-corrected chi connectivity index (χ1v) is 7.08. The molecule has 0 heterocycles. The number of ether oxygens (including phenoxy) is 1. The number of hydrogen-bond donors (Lipinski definition) is 1. The van der Waals surface area contributed by atoms with Crippen molar-refractivity contribution in [1.82, 2.24) is 0 Å². The Labute approximate surface area is 122 Å². The zero-order valence-corrected chi connectivity index (χ0v) is 13.4. The van der Waals surface area contributed by atoms with Crippen molar-refractivity contribution in [2.45, 2.75) is 47.0 Å². The van der Waals surface area contributed by atoms with Crippen molar-refractivity contribution in [2.24, 2.45) is 11.3 Å². The Kier molecular flexibility index (Phi) is 5.21. The van der Waals surface area contributed by atoms with E-state index in [4.69, 9.17) is 4.74 Å². The van der Waals surface area contributed by atoms with Crippen LogP contribution < -0.4 is 0 Å². The first kappa shape index (κ1) is 16.5. The van der Waals surface area contributed by atoms with Crippen molar-refractivity contribution in [2.75, 3.05) is 7.11 Å². The van der Waals surface area contributed by atoms with Gasteiger partial charge in [-0.15, -0.1) is 0 Å². The van der Waals surface area contributed by atoms with E-state index in [1.807, 2.05) is 6.07 Å². The fourth-order valence-corrected chi connectivity index (χ4v) is 2.50. The van der Waals surface area contributed by atoms with E-state index in [9.17, 15) is 9.90 Å². The summed E-state index contributed by atoms with van der Waals surface area (Å²) in [7, 11) is 1.32. The van der Waals surface area contributed by atoms with E-state index in [0.29, 0.717) is 11.8 Å². The number of methoxy groups -OCH3 is 1. The quantitative estimate of drug-likeness (QED) is 0.833. The van der Waals surface area contributed by atoms with Crippen LogP contribution >= 0.6 is 0 Å². The van der Waals surface area contributed by atoms with Gasteiger partial charge in [-0.05, 0) is 41.4 Å². The van der Waals surface area contributed by atoms with E-state index in [2.05, 4.69) is 34.6 Å². The molecule has 1 atom stereocenters. The fourth-order valence-electron chi connectivity index (χ4n) is 2.50. The molecule has 0 bridgehead atoms. The molecule has 1 unspecified atom stereocenters. The number of esters is 1. The molecule has 112 valence electrons. The lowest BCUT2D eigenvalue weighted by atomic mass is 9.72. The van der Waals surface area contributed by atoms with E-state index >= 15 is 0 Å². The van der Waals surface area contributed by atoms with Gasteiger partial charge in [0.15, 0.2) is 0 Å². The molecule has 1 N–H and O–H groups in total. The fraction of sp³-hybridized carbons (Fsp3) is 0.588. The van der Waals surface area contributed by atoms with Crippen LogP contribution in [-0.4, -0.2) is 18.2 Å². The number of phenols is 1. The lowest BCUT2D eigenvalue weighted by molar-refractivity contribution is 0.0597. The number of benzene rings is 1. The van der Waals surface area contributed by atoms with Gasteiger partial charge in [-0.3, -0.25) is 0 Å². The SMILES string of the molecule is COC(=O)c1cc(C(CC(C)C)C(C)(C)C)ccc1O. The number of aromatic hydroxyl groups is 1. The van der Waals surface area contributed by atoms with Crippen LogP contribution in [0.25, 0.3) is 0 Å². The molecule has 1 rings (SSSR count). The minimum Gasteiger partial charge on any atom is -0.507 e. The summed E-state index contributed by atoms with van der Waals surface area (Å²) in [6.45, 7) is 11.0. The molecule has 3 nitrogen and oxygen atoms in total. The lowest BCUT2D eigenvalue weighted by Crippen LogP contribution is -2.20. The Balaban J connectivity index is 3.24. The third kappa shape index (κ3) is 3.99. The minimum absolute atomic E-state index is 0.0298. The van der Waals surface area contributed by atoms with Gasteiger partial charge in [0.25, 0.3) is 0 Å². The summed E-state index contributed by atoms with van der Waals surface area (Å²) in [6, 6.07) is 5.25. The van der Waals surface area contributed by atoms with Crippen LogP contribution in [0.4, 0.5) is 0 Å². The van der Waals surface area contributed by atoms with Gasteiger partial charge >= 0.3 is 5.97 Å². The highest BCUT2D eigenvalue weighted by Gasteiger charge is 2.28. The Hall–Kier alpha value is -1.51. The van der Waals surface area contributed by atoms with Crippen molar-refractivity contribution in [1.29, 1.82) is 0 Å². The molecule has 1 aromatic carbocycles. The van der Waals surface area contributed by atoms with Gasteiger partial charge in [-0.1, -0.05) is 40.7 Å². The normalized spacial score (nSPS) is 13.3. The molecular weight excluding hydrogens is 252 g/mol. The highest BCUT2D eigenvalue weighted by Crippen LogP contribution is 2.40. The maximum Gasteiger partial charge on any atom is 0.341 e. The molecule has 1 aromatic rings. The monoisotopic (exact) mass is 278 g/mol. The second kappa shape index (κ2) is 6.29. The predicted octanol–water partition coefficient (Wildman–Crippen LogP) is 4.35. The molecule has 0 spiro atoms. The van der Waals surface area contributed by atoms with Gasteiger partial charge in [-0.2, -0.15) is 0 Å². The maximum atomic E-state index is 11.7. The van der Waals surface area contributed by atoms with Crippen molar-refractivity contribution >= 4 is 5.97 Å².